The first-order chi connectivity index (χ1) is 9.91. The van der Waals surface area contributed by atoms with Gasteiger partial charge in [-0.15, -0.1) is 0 Å². The number of hydrogen-bond donors (Lipinski definition) is 1. The van der Waals surface area contributed by atoms with Crippen LogP contribution in [-0.2, 0) is 13.6 Å². The average molecular weight is 306 g/mol. The molecule has 1 heterocycles. The van der Waals surface area contributed by atoms with Gasteiger partial charge in [-0.2, -0.15) is 0 Å². The normalized spacial score (nSPS) is 22.0. The zero-order valence-corrected chi connectivity index (χ0v) is 13.0. The van der Waals surface area contributed by atoms with Crippen LogP contribution in [0.15, 0.2) is 42.5 Å². The highest BCUT2D eigenvalue weighted by molar-refractivity contribution is 7.54. The number of rotatable bonds is 2. The summed E-state index contributed by atoms with van der Waals surface area (Å²) in [5.41, 5.74) is 0.392. The van der Waals surface area contributed by atoms with E-state index >= 15 is 0 Å². The fourth-order valence-electron chi connectivity index (χ4n) is 2.40. The summed E-state index contributed by atoms with van der Waals surface area (Å²) in [6.07, 6.45) is 0. The minimum absolute atomic E-state index is 0.188. The second-order valence-corrected chi connectivity index (χ2v) is 8.28. The van der Waals surface area contributed by atoms with Gasteiger partial charge in [-0.05, 0) is 10.8 Å². The Morgan fingerprint density at radius 3 is 2.43 bits per heavy atom. The number of aliphatic hydroxyl groups is 1. The maximum atomic E-state index is 12.8. The molecule has 5 heteroatoms. The van der Waals surface area contributed by atoms with Crippen LogP contribution < -0.4 is 0 Å². The van der Waals surface area contributed by atoms with Crippen LogP contribution in [0.2, 0.25) is 0 Å². The highest BCUT2D eigenvalue weighted by atomic mass is 31.2. The molecule has 0 saturated carbocycles. The Balaban J connectivity index is 1.98. The summed E-state index contributed by atoms with van der Waals surface area (Å²) >= 11 is 0. The van der Waals surface area contributed by atoms with Gasteiger partial charge in [-0.1, -0.05) is 56.3 Å². The molecule has 1 N–H and O–H groups in total. The van der Waals surface area contributed by atoms with E-state index in [-0.39, 0.29) is 5.41 Å². The molecule has 4 nitrogen and oxygen atoms in total. The van der Waals surface area contributed by atoms with E-state index in [2.05, 4.69) is 0 Å². The van der Waals surface area contributed by atoms with E-state index in [1.165, 1.54) is 0 Å². The second kappa shape index (κ2) is 5.22. The molecular formula is C16H19O4P. The van der Waals surface area contributed by atoms with E-state index in [1.54, 1.807) is 6.07 Å². The summed E-state index contributed by atoms with van der Waals surface area (Å²) in [5.74, 6) is -1.26. The molecule has 3 rings (SSSR count). The molecule has 2 aromatic carbocycles. The van der Waals surface area contributed by atoms with Crippen LogP contribution in [0, 0.1) is 5.41 Å². The lowest BCUT2D eigenvalue weighted by Crippen LogP contribution is -2.30. The van der Waals surface area contributed by atoms with Crippen molar-refractivity contribution in [1.82, 2.24) is 0 Å². The van der Waals surface area contributed by atoms with Crippen LogP contribution in [0.3, 0.4) is 0 Å². The van der Waals surface area contributed by atoms with Crippen molar-refractivity contribution in [3.8, 4) is 0 Å². The Kier molecular flexibility index (Phi) is 3.66. The largest absolute Gasteiger partial charge is 0.376 e. The second-order valence-electron chi connectivity index (χ2n) is 6.19. The summed E-state index contributed by atoms with van der Waals surface area (Å²) < 4.78 is 23.6. The molecule has 1 aliphatic heterocycles. The van der Waals surface area contributed by atoms with Gasteiger partial charge >= 0.3 is 7.60 Å². The lowest BCUT2D eigenvalue weighted by molar-refractivity contribution is 0.0231. The number of hydrogen-bond acceptors (Lipinski definition) is 4. The van der Waals surface area contributed by atoms with Crippen LogP contribution >= 0.6 is 7.60 Å². The van der Waals surface area contributed by atoms with Crippen LogP contribution in [-0.4, -0.2) is 18.3 Å². The zero-order valence-electron chi connectivity index (χ0n) is 12.2. The predicted molar refractivity (Wildman–Crippen MR) is 82.2 cm³/mol. The van der Waals surface area contributed by atoms with Crippen molar-refractivity contribution in [2.24, 2.45) is 5.41 Å². The minimum Gasteiger partial charge on any atom is -0.376 e. The summed E-state index contributed by atoms with van der Waals surface area (Å²) in [6.45, 7) is 4.57. The maximum Gasteiger partial charge on any atom is 0.363 e. The Morgan fingerprint density at radius 2 is 1.71 bits per heavy atom. The van der Waals surface area contributed by atoms with Gasteiger partial charge in [0.2, 0.25) is 0 Å². The molecule has 21 heavy (non-hydrogen) atoms. The van der Waals surface area contributed by atoms with Crippen molar-refractivity contribution in [2.75, 3.05) is 13.2 Å². The standard InChI is InChI=1S/C16H19O4P/c1-16(2)10-19-21(18,20-11-16)15(17)14-9-5-7-12-6-3-4-8-13(12)14/h3-9,15,17H,10-11H2,1-2H3. The summed E-state index contributed by atoms with van der Waals surface area (Å²) in [5, 5.41) is 12.4. The molecule has 0 spiro atoms. The fourth-order valence-corrected chi connectivity index (χ4v) is 4.38. The first-order valence-corrected chi connectivity index (χ1v) is 8.57. The summed E-state index contributed by atoms with van der Waals surface area (Å²) in [6, 6.07) is 13.2. The molecule has 1 fully saturated rings. The molecule has 0 bridgehead atoms. The van der Waals surface area contributed by atoms with Gasteiger partial charge in [0.15, 0.2) is 5.85 Å². The van der Waals surface area contributed by atoms with Gasteiger partial charge in [-0.25, -0.2) is 0 Å². The van der Waals surface area contributed by atoms with Crippen molar-refractivity contribution in [3.63, 3.8) is 0 Å². The lowest BCUT2D eigenvalue weighted by atomic mass is 9.97. The molecule has 0 radical (unpaired) electrons. The SMILES string of the molecule is CC1(C)COP(=O)(C(O)c2cccc3ccccc23)OC1. The van der Waals surface area contributed by atoms with Crippen molar-refractivity contribution in [1.29, 1.82) is 0 Å². The molecule has 1 saturated heterocycles. The molecule has 0 aromatic heterocycles. The van der Waals surface area contributed by atoms with Gasteiger partial charge < -0.3 is 14.2 Å². The van der Waals surface area contributed by atoms with Crippen molar-refractivity contribution >= 4 is 18.4 Å². The summed E-state index contributed by atoms with van der Waals surface area (Å²) in [7, 11) is -3.56. The van der Waals surface area contributed by atoms with Crippen molar-refractivity contribution in [3.05, 3.63) is 48.0 Å². The molecule has 112 valence electrons. The Labute approximate surface area is 124 Å². The predicted octanol–water partition coefficient (Wildman–Crippen LogP) is 4.10. The Hall–Kier alpha value is -1.19. The third-order valence-electron chi connectivity index (χ3n) is 3.67. The zero-order chi connectivity index (χ0) is 15.1. The smallest absolute Gasteiger partial charge is 0.363 e. The quantitative estimate of drug-likeness (QED) is 0.849. The number of fused-ring (bicyclic) bond motifs is 1. The highest BCUT2D eigenvalue weighted by Gasteiger charge is 2.43. The van der Waals surface area contributed by atoms with Gasteiger partial charge in [0.05, 0.1) is 13.2 Å². The Bertz CT molecular complexity index is 691. The van der Waals surface area contributed by atoms with Crippen LogP contribution in [0.25, 0.3) is 10.8 Å². The molecule has 0 amide bonds. The lowest BCUT2D eigenvalue weighted by Gasteiger charge is -2.36. The van der Waals surface area contributed by atoms with Crippen LogP contribution in [0.4, 0.5) is 0 Å². The first kappa shape index (κ1) is 14.7. The number of benzene rings is 2. The molecule has 2 aromatic rings. The number of aliphatic hydroxyl groups excluding tert-OH is 1. The van der Waals surface area contributed by atoms with Crippen LogP contribution in [0.1, 0.15) is 25.3 Å². The van der Waals surface area contributed by atoms with E-state index in [0.717, 1.165) is 10.8 Å². The monoisotopic (exact) mass is 306 g/mol. The molecule has 1 unspecified atom stereocenters. The topological polar surface area (TPSA) is 55.8 Å². The average Bonchev–Trinajstić information content (AvgIpc) is 2.49. The van der Waals surface area contributed by atoms with E-state index in [1.807, 2.05) is 50.2 Å². The molecular weight excluding hydrogens is 287 g/mol. The van der Waals surface area contributed by atoms with Gasteiger partial charge in [0, 0.05) is 11.0 Å². The molecule has 0 aliphatic carbocycles. The van der Waals surface area contributed by atoms with E-state index in [4.69, 9.17) is 9.05 Å². The van der Waals surface area contributed by atoms with E-state index in [0.29, 0.717) is 18.8 Å². The Morgan fingerprint density at radius 1 is 1.10 bits per heavy atom. The van der Waals surface area contributed by atoms with Crippen LogP contribution in [0.5, 0.6) is 0 Å². The van der Waals surface area contributed by atoms with Gasteiger partial charge in [-0.3, -0.25) is 4.57 Å². The van der Waals surface area contributed by atoms with Crippen molar-refractivity contribution in [2.45, 2.75) is 19.7 Å². The van der Waals surface area contributed by atoms with E-state index in [9.17, 15) is 9.67 Å². The van der Waals surface area contributed by atoms with E-state index < -0.39 is 13.4 Å². The minimum atomic E-state index is -3.56. The third kappa shape index (κ3) is 2.77. The molecule has 1 atom stereocenters. The van der Waals surface area contributed by atoms with Crippen molar-refractivity contribution < 1.29 is 18.7 Å². The maximum absolute atomic E-state index is 12.8. The third-order valence-corrected chi connectivity index (χ3v) is 5.53. The first-order valence-electron chi connectivity index (χ1n) is 6.96. The molecule has 1 aliphatic rings. The van der Waals surface area contributed by atoms with Gasteiger partial charge in [0.1, 0.15) is 0 Å². The van der Waals surface area contributed by atoms with Gasteiger partial charge in [0.25, 0.3) is 0 Å². The summed E-state index contributed by atoms with van der Waals surface area (Å²) in [4.78, 5) is 0. The fraction of sp³-hybridized carbons (Fsp3) is 0.375. The highest BCUT2D eigenvalue weighted by Crippen LogP contribution is 2.63.